The molecule has 4 N–H and O–H groups in total. The molecule has 2 nitrogen and oxygen atoms in total. The van der Waals surface area contributed by atoms with Crippen molar-refractivity contribution < 1.29 is 10.8 Å². The molecule has 3 atom stereocenters. The van der Waals surface area contributed by atoms with Crippen molar-refractivity contribution in [2.75, 3.05) is 0 Å². The zero-order valence-electron chi connectivity index (χ0n) is 8.04. The van der Waals surface area contributed by atoms with Crippen molar-refractivity contribution in [3.8, 4) is 0 Å². The van der Waals surface area contributed by atoms with Gasteiger partial charge in [-0.2, -0.15) is 0 Å². The summed E-state index contributed by atoms with van der Waals surface area (Å²) in [7, 11) is 0. The lowest BCUT2D eigenvalue weighted by Gasteiger charge is -2.26. The molecule has 12 heavy (non-hydrogen) atoms. The van der Waals surface area contributed by atoms with Crippen LogP contribution in [0.2, 0.25) is 0 Å². The second-order valence-corrected chi connectivity index (χ2v) is 3.75. The molecule has 0 spiro atoms. The van der Waals surface area contributed by atoms with E-state index in [9.17, 15) is 5.11 Å². The Labute approximate surface area is 73.8 Å². The van der Waals surface area contributed by atoms with E-state index in [4.69, 9.17) is 0 Å². The topological polar surface area (TPSA) is 47.9 Å². The molecular formula is C10H18NO+. The summed E-state index contributed by atoms with van der Waals surface area (Å²) in [6, 6.07) is 0. The number of quaternary nitrogens is 1. The van der Waals surface area contributed by atoms with Gasteiger partial charge < -0.3 is 10.8 Å². The number of hydrogen-bond acceptors (Lipinski definition) is 1. The van der Waals surface area contributed by atoms with Crippen LogP contribution in [0.15, 0.2) is 23.3 Å². The zero-order chi connectivity index (χ0) is 9.30. The van der Waals surface area contributed by atoms with Crippen LogP contribution in [0, 0.1) is 11.8 Å². The normalized spacial score (nSPS) is 32.4. The van der Waals surface area contributed by atoms with Gasteiger partial charge >= 0.3 is 0 Å². The standard InChI is InChI=1S/C10H17NO/c1-6-4-7(2)9(10(11)12)8(3)5-6/h4-5,7,9-10,12H,11H2,1-3H3/p+1. The van der Waals surface area contributed by atoms with Crippen LogP contribution in [0.3, 0.4) is 0 Å². The minimum atomic E-state index is -0.486. The highest BCUT2D eigenvalue weighted by atomic mass is 16.3. The van der Waals surface area contributed by atoms with Crippen LogP contribution in [0.1, 0.15) is 20.8 Å². The lowest BCUT2D eigenvalue weighted by molar-refractivity contribution is -0.495. The SMILES string of the molecule is CC1=CC(C)C(C([NH3+])O)C(C)=C1. The molecule has 2 heteroatoms. The van der Waals surface area contributed by atoms with Crippen molar-refractivity contribution in [3.05, 3.63) is 23.3 Å². The Morgan fingerprint density at radius 3 is 2.50 bits per heavy atom. The third-order valence-corrected chi connectivity index (χ3v) is 2.49. The molecule has 1 rings (SSSR count). The molecule has 0 heterocycles. The Kier molecular flexibility index (Phi) is 2.70. The van der Waals surface area contributed by atoms with E-state index < -0.39 is 6.23 Å². The lowest BCUT2D eigenvalue weighted by Crippen LogP contribution is -2.65. The van der Waals surface area contributed by atoms with E-state index in [1.54, 1.807) is 0 Å². The fraction of sp³-hybridized carbons (Fsp3) is 0.600. The van der Waals surface area contributed by atoms with Crippen LogP contribution in [0.4, 0.5) is 0 Å². The Morgan fingerprint density at radius 2 is 2.08 bits per heavy atom. The molecule has 0 saturated carbocycles. The Bertz CT molecular complexity index is 228. The molecule has 0 aromatic carbocycles. The first kappa shape index (κ1) is 9.49. The highest BCUT2D eigenvalue weighted by molar-refractivity contribution is 5.28. The molecule has 0 aromatic rings. The number of allylic oxidation sites excluding steroid dienone is 3. The summed E-state index contributed by atoms with van der Waals surface area (Å²) in [6.07, 6.45) is 3.83. The second-order valence-electron chi connectivity index (χ2n) is 3.75. The monoisotopic (exact) mass is 168 g/mol. The molecule has 1 aliphatic rings. The molecule has 0 aliphatic heterocycles. The average molecular weight is 168 g/mol. The summed E-state index contributed by atoms with van der Waals surface area (Å²) in [5, 5.41) is 9.42. The first-order chi connectivity index (χ1) is 5.52. The molecule has 0 fully saturated rings. The van der Waals surface area contributed by atoms with Crippen molar-refractivity contribution in [3.63, 3.8) is 0 Å². The average Bonchev–Trinajstić information content (AvgIpc) is 1.82. The second kappa shape index (κ2) is 3.42. The quantitative estimate of drug-likeness (QED) is 0.556. The summed E-state index contributed by atoms with van der Waals surface area (Å²) in [5.74, 6) is 0.608. The predicted molar refractivity (Wildman–Crippen MR) is 49.1 cm³/mol. The Hall–Kier alpha value is -0.600. The van der Waals surface area contributed by atoms with Crippen LogP contribution in [0.25, 0.3) is 0 Å². The van der Waals surface area contributed by atoms with Gasteiger partial charge in [-0.15, -0.1) is 0 Å². The first-order valence-corrected chi connectivity index (χ1v) is 4.40. The summed E-state index contributed by atoms with van der Waals surface area (Å²) >= 11 is 0. The summed E-state index contributed by atoms with van der Waals surface area (Å²) < 4.78 is 0. The van der Waals surface area contributed by atoms with Gasteiger partial charge in [-0.05, 0) is 19.8 Å². The highest BCUT2D eigenvalue weighted by Crippen LogP contribution is 2.29. The third kappa shape index (κ3) is 1.76. The number of aliphatic hydroxyl groups is 1. The molecule has 0 aromatic heterocycles. The van der Waals surface area contributed by atoms with E-state index in [-0.39, 0.29) is 5.92 Å². The van der Waals surface area contributed by atoms with Crippen molar-refractivity contribution in [1.29, 1.82) is 0 Å². The first-order valence-electron chi connectivity index (χ1n) is 4.40. The van der Waals surface area contributed by atoms with Gasteiger partial charge in [0.05, 0.1) is 5.92 Å². The van der Waals surface area contributed by atoms with Crippen molar-refractivity contribution in [1.82, 2.24) is 0 Å². The van der Waals surface area contributed by atoms with Gasteiger partial charge in [-0.1, -0.05) is 30.2 Å². The molecular weight excluding hydrogens is 150 g/mol. The van der Waals surface area contributed by atoms with Gasteiger partial charge in [-0.3, -0.25) is 0 Å². The van der Waals surface area contributed by atoms with E-state index in [2.05, 4.69) is 38.7 Å². The molecule has 0 bridgehead atoms. The van der Waals surface area contributed by atoms with Gasteiger partial charge in [-0.25, -0.2) is 0 Å². The number of hydrogen-bond donors (Lipinski definition) is 2. The molecule has 0 radical (unpaired) electrons. The zero-order valence-corrected chi connectivity index (χ0v) is 8.04. The predicted octanol–water partition coefficient (Wildman–Crippen LogP) is 0.705. The Balaban J connectivity index is 2.87. The highest BCUT2D eigenvalue weighted by Gasteiger charge is 2.27. The maximum absolute atomic E-state index is 9.42. The number of rotatable bonds is 1. The Morgan fingerprint density at radius 1 is 1.50 bits per heavy atom. The third-order valence-electron chi connectivity index (χ3n) is 2.49. The van der Waals surface area contributed by atoms with Gasteiger partial charge in [0.2, 0.25) is 0 Å². The maximum Gasteiger partial charge on any atom is 0.193 e. The molecule has 1 aliphatic carbocycles. The summed E-state index contributed by atoms with van der Waals surface area (Å²) in [6.45, 7) is 6.27. The van der Waals surface area contributed by atoms with Crippen molar-refractivity contribution in [2.24, 2.45) is 11.8 Å². The van der Waals surface area contributed by atoms with Gasteiger partial charge in [0.15, 0.2) is 6.23 Å². The van der Waals surface area contributed by atoms with Gasteiger partial charge in [0.1, 0.15) is 0 Å². The minimum Gasteiger partial charge on any atom is -0.344 e. The smallest absolute Gasteiger partial charge is 0.193 e. The fourth-order valence-corrected chi connectivity index (χ4v) is 2.09. The van der Waals surface area contributed by atoms with E-state index in [0.717, 1.165) is 0 Å². The number of aliphatic hydroxyl groups excluding tert-OH is 1. The van der Waals surface area contributed by atoms with Crippen LogP contribution in [-0.4, -0.2) is 11.3 Å². The van der Waals surface area contributed by atoms with E-state index in [1.807, 2.05) is 0 Å². The van der Waals surface area contributed by atoms with Gasteiger partial charge in [0, 0.05) is 0 Å². The van der Waals surface area contributed by atoms with Crippen LogP contribution < -0.4 is 5.73 Å². The molecule has 3 unspecified atom stereocenters. The summed E-state index contributed by atoms with van der Waals surface area (Å²) in [4.78, 5) is 0. The van der Waals surface area contributed by atoms with E-state index in [0.29, 0.717) is 5.92 Å². The maximum atomic E-state index is 9.42. The van der Waals surface area contributed by atoms with E-state index >= 15 is 0 Å². The largest absolute Gasteiger partial charge is 0.344 e. The van der Waals surface area contributed by atoms with Crippen LogP contribution >= 0.6 is 0 Å². The van der Waals surface area contributed by atoms with E-state index in [1.165, 1.54) is 11.1 Å². The van der Waals surface area contributed by atoms with Crippen molar-refractivity contribution >= 4 is 0 Å². The molecule has 0 amide bonds. The lowest BCUT2D eigenvalue weighted by atomic mass is 9.81. The minimum absolute atomic E-state index is 0.202. The van der Waals surface area contributed by atoms with Crippen LogP contribution in [0.5, 0.6) is 0 Å². The van der Waals surface area contributed by atoms with Crippen LogP contribution in [-0.2, 0) is 0 Å². The molecule has 68 valence electrons. The fourth-order valence-electron chi connectivity index (χ4n) is 2.09. The van der Waals surface area contributed by atoms with Crippen molar-refractivity contribution in [2.45, 2.75) is 27.0 Å². The van der Waals surface area contributed by atoms with Gasteiger partial charge in [0.25, 0.3) is 0 Å². The molecule has 0 saturated heterocycles. The summed E-state index contributed by atoms with van der Waals surface area (Å²) in [5.41, 5.74) is 6.20.